The van der Waals surface area contributed by atoms with Gasteiger partial charge in [0.25, 0.3) is 0 Å². The van der Waals surface area contributed by atoms with Crippen LogP contribution < -0.4 is 11.1 Å². The van der Waals surface area contributed by atoms with Crippen LogP contribution in [-0.4, -0.2) is 60.1 Å². The molecule has 1 saturated heterocycles. The lowest BCUT2D eigenvalue weighted by atomic mass is 10.2. The number of hydrogen-bond acceptors (Lipinski definition) is 4. The lowest BCUT2D eigenvalue weighted by Crippen LogP contribution is -2.49. The number of carboxylic acid groups (broad SMARTS) is 1. The van der Waals surface area contributed by atoms with Gasteiger partial charge in [0.1, 0.15) is 0 Å². The van der Waals surface area contributed by atoms with E-state index in [1.54, 1.807) is 4.90 Å². The van der Waals surface area contributed by atoms with Crippen molar-refractivity contribution in [2.75, 3.05) is 26.2 Å². The topological polar surface area (TPSA) is 113 Å². The van der Waals surface area contributed by atoms with Crippen LogP contribution in [0.15, 0.2) is 0 Å². The first-order chi connectivity index (χ1) is 9.68. The minimum absolute atomic E-state index is 0.0632. The first kappa shape index (κ1) is 19.2. The number of carbonyl (C=O) groups excluding carboxylic acids is 2. The van der Waals surface area contributed by atoms with Crippen LogP contribution in [0.1, 0.15) is 19.3 Å². The molecular weight excluding hydrogens is 295 g/mol. The molecule has 0 aromatic carbocycles. The number of unbranched alkanes of at least 4 members (excludes halogenated alkanes) is 1. The third-order valence-corrected chi connectivity index (χ3v) is 2.48. The van der Waals surface area contributed by atoms with Crippen LogP contribution in [0.25, 0.3) is 0 Å². The lowest BCUT2D eigenvalue weighted by Gasteiger charge is -2.26. The standard InChI is InChI=1S/C9H17N3O2.C2HF3O2/c10-4-2-1-3-9(14)12-6-5-11-8(13)7-12;3-2(4,5)1(6)7/h1-7,10H2,(H,11,13);(H,6,7). The summed E-state index contributed by atoms with van der Waals surface area (Å²) >= 11 is 0. The van der Waals surface area contributed by atoms with Gasteiger partial charge in [-0.3, -0.25) is 9.59 Å². The van der Waals surface area contributed by atoms with Crippen LogP contribution in [0.5, 0.6) is 0 Å². The monoisotopic (exact) mass is 313 g/mol. The minimum atomic E-state index is -5.08. The number of carboxylic acids is 1. The van der Waals surface area contributed by atoms with E-state index in [2.05, 4.69) is 5.32 Å². The van der Waals surface area contributed by atoms with Crippen molar-refractivity contribution in [1.29, 1.82) is 0 Å². The SMILES string of the molecule is NCCCCC(=O)N1CCNC(=O)C1.O=C(O)C(F)(F)F. The molecule has 0 bridgehead atoms. The number of halogens is 3. The molecule has 1 fully saturated rings. The van der Waals surface area contributed by atoms with Gasteiger partial charge in [-0.2, -0.15) is 13.2 Å². The summed E-state index contributed by atoms with van der Waals surface area (Å²) in [5, 5.41) is 9.81. The first-order valence-corrected chi connectivity index (χ1v) is 6.23. The Kier molecular flexibility index (Phi) is 8.36. The van der Waals surface area contributed by atoms with Gasteiger partial charge in [0.05, 0.1) is 6.54 Å². The van der Waals surface area contributed by atoms with E-state index in [4.69, 9.17) is 15.6 Å². The van der Waals surface area contributed by atoms with Crippen molar-refractivity contribution in [1.82, 2.24) is 10.2 Å². The number of alkyl halides is 3. The highest BCUT2D eigenvalue weighted by Crippen LogP contribution is 2.13. The van der Waals surface area contributed by atoms with E-state index in [1.165, 1.54) is 0 Å². The maximum absolute atomic E-state index is 11.5. The Morgan fingerprint density at radius 1 is 1.33 bits per heavy atom. The molecular formula is C11H18F3N3O4. The second-order valence-corrected chi connectivity index (χ2v) is 4.21. The average molecular weight is 313 g/mol. The second kappa shape index (κ2) is 9.16. The van der Waals surface area contributed by atoms with E-state index < -0.39 is 12.1 Å². The molecule has 10 heteroatoms. The fraction of sp³-hybridized carbons (Fsp3) is 0.727. The van der Waals surface area contributed by atoms with Gasteiger partial charge in [-0.15, -0.1) is 0 Å². The molecule has 4 N–H and O–H groups in total. The van der Waals surface area contributed by atoms with Gasteiger partial charge < -0.3 is 21.1 Å². The van der Waals surface area contributed by atoms with Crippen molar-refractivity contribution < 1.29 is 32.7 Å². The fourth-order valence-electron chi connectivity index (χ4n) is 1.43. The zero-order valence-corrected chi connectivity index (χ0v) is 11.3. The average Bonchev–Trinajstić information content (AvgIpc) is 2.38. The van der Waals surface area contributed by atoms with Gasteiger partial charge in [0, 0.05) is 19.5 Å². The van der Waals surface area contributed by atoms with Crippen molar-refractivity contribution in [3.8, 4) is 0 Å². The Hall–Kier alpha value is -1.84. The summed E-state index contributed by atoms with van der Waals surface area (Å²) in [6.45, 7) is 2.03. The molecule has 0 aliphatic carbocycles. The van der Waals surface area contributed by atoms with Crippen LogP contribution in [0.2, 0.25) is 0 Å². The van der Waals surface area contributed by atoms with E-state index in [0.29, 0.717) is 26.1 Å². The second-order valence-electron chi connectivity index (χ2n) is 4.21. The van der Waals surface area contributed by atoms with E-state index >= 15 is 0 Å². The normalized spacial score (nSPS) is 14.9. The van der Waals surface area contributed by atoms with Gasteiger partial charge >= 0.3 is 12.1 Å². The Balaban J connectivity index is 0.000000486. The molecule has 122 valence electrons. The van der Waals surface area contributed by atoms with Crippen molar-refractivity contribution in [3.05, 3.63) is 0 Å². The fourth-order valence-corrected chi connectivity index (χ4v) is 1.43. The maximum Gasteiger partial charge on any atom is 0.490 e. The molecule has 0 atom stereocenters. The number of carbonyl (C=O) groups is 3. The van der Waals surface area contributed by atoms with Crippen molar-refractivity contribution >= 4 is 17.8 Å². The summed E-state index contributed by atoms with van der Waals surface area (Å²) in [6, 6.07) is 0. The summed E-state index contributed by atoms with van der Waals surface area (Å²) in [6.07, 6.45) is -2.90. The molecule has 0 saturated carbocycles. The number of rotatable bonds is 4. The van der Waals surface area contributed by atoms with Gasteiger partial charge in [0.2, 0.25) is 11.8 Å². The number of aliphatic carboxylic acids is 1. The summed E-state index contributed by atoms with van der Waals surface area (Å²) in [5.41, 5.74) is 5.33. The van der Waals surface area contributed by atoms with Crippen molar-refractivity contribution in [3.63, 3.8) is 0 Å². The molecule has 1 heterocycles. The highest BCUT2D eigenvalue weighted by atomic mass is 19.4. The molecule has 0 aromatic heterocycles. The number of piperazine rings is 1. The molecule has 0 unspecified atom stereocenters. The number of nitrogens with one attached hydrogen (secondary N) is 1. The molecule has 1 aliphatic rings. The van der Waals surface area contributed by atoms with E-state index in [0.717, 1.165) is 12.8 Å². The quantitative estimate of drug-likeness (QED) is 0.617. The largest absolute Gasteiger partial charge is 0.490 e. The van der Waals surface area contributed by atoms with Crippen LogP contribution in [0, 0.1) is 0 Å². The predicted molar refractivity (Wildman–Crippen MR) is 66.2 cm³/mol. The van der Waals surface area contributed by atoms with Crippen LogP contribution in [0.4, 0.5) is 13.2 Å². The Morgan fingerprint density at radius 2 is 1.90 bits per heavy atom. The Labute approximate surface area is 119 Å². The molecule has 1 rings (SSSR count). The highest BCUT2D eigenvalue weighted by molar-refractivity contribution is 5.85. The number of nitrogens with zero attached hydrogens (tertiary/aromatic N) is 1. The van der Waals surface area contributed by atoms with Crippen molar-refractivity contribution in [2.45, 2.75) is 25.4 Å². The number of amides is 2. The Morgan fingerprint density at radius 3 is 2.33 bits per heavy atom. The molecule has 0 spiro atoms. The number of nitrogens with two attached hydrogens (primary N) is 1. The Bertz CT molecular complexity index is 374. The van der Waals surface area contributed by atoms with Crippen LogP contribution >= 0.6 is 0 Å². The van der Waals surface area contributed by atoms with E-state index in [1.807, 2.05) is 0 Å². The molecule has 1 aliphatic heterocycles. The lowest BCUT2D eigenvalue weighted by molar-refractivity contribution is -0.192. The van der Waals surface area contributed by atoms with Gasteiger partial charge in [-0.05, 0) is 19.4 Å². The molecule has 7 nitrogen and oxygen atoms in total. The molecule has 21 heavy (non-hydrogen) atoms. The maximum atomic E-state index is 11.5. The summed E-state index contributed by atoms with van der Waals surface area (Å²) in [7, 11) is 0. The van der Waals surface area contributed by atoms with Crippen LogP contribution in [0.3, 0.4) is 0 Å². The van der Waals surface area contributed by atoms with Crippen LogP contribution in [-0.2, 0) is 14.4 Å². The summed E-state index contributed by atoms with van der Waals surface area (Å²) < 4.78 is 31.7. The van der Waals surface area contributed by atoms with Crippen molar-refractivity contribution in [2.24, 2.45) is 5.73 Å². The highest BCUT2D eigenvalue weighted by Gasteiger charge is 2.38. The first-order valence-electron chi connectivity index (χ1n) is 6.23. The zero-order valence-electron chi connectivity index (χ0n) is 11.3. The summed E-state index contributed by atoms with van der Waals surface area (Å²) in [4.78, 5) is 33.0. The van der Waals surface area contributed by atoms with Gasteiger partial charge in [0.15, 0.2) is 0 Å². The van der Waals surface area contributed by atoms with Gasteiger partial charge in [-0.1, -0.05) is 0 Å². The van der Waals surface area contributed by atoms with Gasteiger partial charge in [-0.25, -0.2) is 4.79 Å². The third kappa shape index (κ3) is 8.84. The van der Waals surface area contributed by atoms with E-state index in [-0.39, 0.29) is 18.4 Å². The zero-order chi connectivity index (χ0) is 16.5. The predicted octanol–water partition coefficient (Wildman–Crippen LogP) is -0.293. The molecule has 0 radical (unpaired) electrons. The molecule has 0 aromatic rings. The third-order valence-electron chi connectivity index (χ3n) is 2.48. The number of hydrogen-bond donors (Lipinski definition) is 3. The minimum Gasteiger partial charge on any atom is -0.475 e. The molecule has 2 amide bonds. The smallest absolute Gasteiger partial charge is 0.475 e. The summed E-state index contributed by atoms with van der Waals surface area (Å²) in [5.74, 6) is -2.76. The van der Waals surface area contributed by atoms with E-state index in [9.17, 15) is 22.8 Å².